The second-order valence-corrected chi connectivity index (χ2v) is 7.64. The highest BCUT2D eigenvalue weighted by Gasteiger charge is 2.12. The van der Waals surface area contributed by atoms with Gasteiger partial charge in [-0.2, -0.15) is 0 Å². The van der Waals surface area contributed by atoms with Crippen LogP contribution in [0.3, 0.4) is 0 Å². The van der Waals surface area contributed by atoms with Crippen LogP contribution in [0.15, 0.2) is 52.1 Å². The quantitative estimate of drug-likeness (QED) is 0.390. The van der Waals surface area contributed by atoms with Crippen LogP contribution < -0.4 is 10.1 Å². The third-order valence-corrected chi connectivity index (χ3v) is 4.81. The summed E-state index contributed by atoms with van der Waals surface area (Å²) in [5.74, 6) is 0.425. The summed E-state index contributed by atoms with van der Waals surface area (Å²) in [6.07, 6.45) is 0. The van der Waals surface area contributed by atoms with Crippen LogP contribution in [0.25, 0.3) is 0 Å². The van der Waals surface area contributed by atoms with Crippen molar-refractivity contribution < 1.29 is 23.5 Å². The molecule has 1 aromatic heterocycles. The van der Waals surface area contributed by atoms with E-state index in [1.807, 2.05) is 26.0 Å². The minimum Gasteiger partial charge on any atom is -0.484 e. The number of aryl methyl sites for hydroxylation is 2. The summed E-state index contributed by atoms with van der Waals surface area (Å²) in [6.45, 7) is 6.16. The van der Waals surface area contributed by atoms with Gasteiger partial charge in [-0.05, 0) is 62.2 Å². The van der Waals surface area contributed by atoms with Gasteiger partial charge in [-0.25, -0.2) is 4.79 Å². The third-order valence-electron chi connectivity index (χ3n) is 3.99. The summed E-state index contributed by atoms with van der Waals surface area (Å²) in [5, 5.41) is 10.9. The van der Waals surface area contributed by atoms with Crippen LogP contribution in [0.1, 0.15) is 34.3 Å². The number of carbonyl (C=O) groups is 2. The molecule has 0 fully saturated rings. The maximum atomic E-state index is 12.2. The number of hydrogen-bond donors (Lipinski definition) is 1. The molecule has 2 aromatic carbocycles. The van der Waals surface area contributed by atoms with Gasteiger partial charge in [0.2, 0.25) is 5.91 Å². The normalized spacial score (nSPS) is 10.5. The summed E-state index contributed by atoms with van der Waals surface area (Å²) >= 11 is 1.11. The van der Waals surface area contributed by atoms with E-state index in [1.54, 1.807) is 31.2 Å². The highest BCUT2D eigenvalue weighted by atomic mass is 32.2. The Labute approximate surface area is 184 Å². The molecular formula is C22H23N3O5S. The third kappa shape index (κ3) is 6.85. The average Bonchev–Trinajstić information content (AvgIpc) is 3.18. The van der Waals surface area contributed by atoms with E-state index in [2.05, 4.69) is 21.6 Å². The first-order valence-electron chi connectivity index (χ1n) is 9.66. The van der Waals surface area contributed by atoms with E-state index in [0.29, 0.717) is 17.1 Å². The molecule has 0 radical (unpaired) electrons. The molecule has 1 amide bonds. The Morgan fingerprint density at radius 2 is 1.87 bits per heavy atom. The number of ether oxygens (including phenoxy) is 2. The van der Waals surface area contributed by atoms with Crippen molar-refractivity contribution in [1.29, 1.82) is 0 Å². The van der Waals surface area contributed by atoms with Gasteiger partial charge in [0.05, 0.1) is 17.9 Å². The molecule has 1 N–H and O–H groups in total. The number of aromatic nitrogens is 2. The maximum Gasteiger partial charge on any atom is 0.338 e. The fourth-order valence-electron chi connectivity index (χ4n) is 2.78. The molecule has 0 bridgehead atoms. The second kappa shape index (κ2) is 10.6. The number of anilines is 1. The number of benzene rings is 2. The Morgan fingerprint density at radius 1 is 1.10 bits per heavy atom. The minimum absolute atomic E-state index is 0.0726. The lowest BCUT2D eigenvalue weighted by atomic mass is 10.1. The average molecular weight is 442 g/mol. The molecule has 3 rings (SSSR count). The predicted molar refractivity (Wildman–Crippen MR) is 116 cm³/mol. The van der Waals surface area contributed by atoms with Gasteiger partial charge < -0.3 is 19.2 Å². The largest absolute Gasteiger partial charge is 0.484 e. The number of carbonyl (C=O) groups excluding carboxylic acids is 2. The van der Waals surface area contributed by atoms with Gasteiger partial charge in [-0.3, -0.25) is 4.79 Å². The Kier molecular flexibility index (Phi) is 7.66. The number of amides is 1. The molecule has 31 heavy (non-hydrogen) atoms. The van der Waals surface area contributed by atoms with E-state index in [9.17, 15) is 9.59 Å². The van der Waals surface area contributed by atoms with Gasteiger partial charge in [0.25, 0.3) is 11.1 Å². The van der Waals surface area contributed by atoms with Crippen LogP contribution in [-0.4, -0.2) is 34.4 Å². The van der Waals surface area contributed by atoms with Crippen molar-refractivity contribution in [3.8, 4) is 5.75 Å². The van der Waals surface area contributed by atoms with Crippen molar-refractivity contribution in [2.45, 2.75) is 32.6 Å². The highest BCUT2D eigenvalue weighted by molar-refractivity contribution is 7.99. The van der Waals surface area contributed by atoms with Gasteiger partial charge in [0.1, 0.15) is 5.75 Å². The van der Waals surface area contributed by atoms with Crippen LogP contribution in [-0.2, 0) is 16.1 Å². The van der Waals surface area contributed by atoms with Crippen LogP contribution in [0.4, 0.5) is 5.69 Å². The van der Waals surface area contributed by atoms with Crippen LogP contribution in [0.5, 0.6) is 5.75 Å². The Bertz CT molecular complexity index is 1050. The van der Waals surface area contributed by atoms with E-state index in [4.69, 9.17) is 13.9 Å². The first-order chi connectivity index (χ1) is 14.9. The van der Waals surface area contributed by atoms with E-state index >= 15 is 0 Å². The lowest BCUT2D eigenvalue weighted by molar-refractivity contribution is -0.113. The number of nitrogens with one attached hydrogen (secondary N) is 1. The van der Waals surface area contributed by atoms with Gasteiger partial charge in [0.15, 0.2) is 6.61 Å². The van der Waals surface area contributed by atoms with Gasteiger partial charge in [-0.1, -0.05) is 23.9 Å². The fraction of sp³-hybridized carbons (Fsp3) is 0.273. The Morgan fingerprint density at radius 3 is 2.61 bits per heavy atom. The monoisotopic (exact) mass is 441 g/mol. The molecule has 0 aliphatic rings. The van der Waals surface area contributed by atoms with Crippen LogP contribution in [0.2, 0.25) is 0 Å². The standard InChI is InChI=1S/C22H23N3O5S/c1-4-28-21(27)16-6-5-7-17(11-16)23-19(26)13-31-22-25-24-20(30-22)12-29-18-9-14(2)8-15(3)10-18/h5-11H,4,12-13H2,1-3H3,(H,23,26). The molecule has 8 nitrogen and oxygen atoms in total. The summed E-state index contributed by atoms with van der Waals surface area (Å²) < 4.78 is 16.2. The van der Waals surface area contributed by atoms with Gasteiger partial charge in [-0.15, -0.1) is 10.2 Å². The summed E-state index contributed by atoms with van der Waals surface area (Å²) in [7, 11) is 0. The van der Waals surface area contributed by atoms with Gasteiger partial charge in [0, 0.05) is 5.69 Å². The zero-order chi connectivity index (χ0) is 22.2. The van der Waals surface area contributed by atoms with Crippen molar-refractivity contribution in [1.82, 2.24) is 10.2 Å². The summed E-state index contributed by atoms with van der Waals surface area (Å²) in [5.41, 5.74) is 3.09. The zero-order valence-corrected chi connectivity index (χ0v) is 18.3. The smallest absolute Gasteiger partial charge is 0.338 e. The molecule has 0 unspecified atom stereocenters. The molecule has 162 valence electrons. The first-order valence-corrected chi connectivity index (χ1v) is 10.6. The molecule has 0 aliphatic heterocycles. The topological polar surface area (TPSA) is 104 Å². The van der Waals surface area contributed by atoms with E-state index < -0.39 is 5.97 Å². The van der Waals surface area contributed by atoms with Crippen LogP contribution >= 0.6 is 11.8 Å². The second-order valence-electron chi connectivity index (χ2n) is 6.71. The minimum atomic E-state index is -0.436. The molecule has 0 saturated carbocycles. The highest BCUT2D eigenvalue weighted by Crippen LogP contribution is 2.20. The summed E-state index contributed by atoms with van der Waals surface area (Å²) in [6, 6.07) is 12.5. The number of thioether (sulfide) groups is 1. The number of nitrogens with zero attached hydrogens (tertiary/aromatic N) is 2. The number of hydrogen-bond acceptors (Lipinski definition) is 8. The molecule has 0 atom stereocenters. The number of rotatable bonds is 9. The molecule has 0 spiro atoms. The lowest BCUT2D eigenvalue weighted by Crippen LogP contribution is -2.14. The Hall–Kier alpha value is -3.33. The lowest BCUT2D eigenvalue weighted by Gasteiger charge is -2.06. The molecule has 1 heterocycles. The van der Waals surface area contributed by atoms with Crippen LogP contribution in [0, 0.1) is 13.8 Å². The summed E-state index contributed by atoms with van der Waals surface area (Å²) in [4.78, 5) is 24.0. The molecule has 0 saturated heterocycles. The fourth-order valence-corrected chi connectivity index (χ4v) is 3.36. The predicted octanol–water partition coefficient (Wildman–Crippen LogP) is 4.17. The SMILES string of the molecule is CCOC(=O)c1cccc(NC(=O)CSc2nnc(COc3cc(C)cc(C)c3)o2)c1. The molecule has 0 aliphatic carbocycles. The zero-order valence-electron chi connectivity index (χ0n) is 17.5. The van der Waals surface area contributed by atoms with Crippen molar-refractivity contribution in [2.75, 3.05) is 17.7 Å². The van der Waals surface area contributed by atoms with Crippen molar-refractivity contribution >= 4 is 29.3 Å². The molecule has 3 aromatic rings. The Balaban J connectivity index is 1.48. The van der Waals surface area contributed by atoms with E-state index in [-0.39, 0.29) is 30.1 Å². The van der Waals surface area contributed by atoms with E-state index in [0.717, 1.165) is 28.6 Å². The van der Waals surface area contributed by atoms with E-state index in [1.165, 1.54) is 0 Å². The first kappa shape index (κ1) is 22.4. The molecular weight excluding hydrogens is 418 g/mol. The maximum absolute atomic E-state index is 12.2. The van der Waals surface area contributed by atoms with Crippen molar-refractivity contribution in [3.63, 3.8) is 0 Å². The molecule has 9 heteroatoms. The number of esters is 1. The van der Waals surface area contributed by atoms with Gasteiger partial charge >= 0.3 is 5.97 Å². The van der Waals surface area contributed by atoms with Crippen molar-refractivity contribution in [2.24, 2.45) is 0 Å². The van der Waals surface area contributed by atoms with Crippen molar-refractivity contribution in [3.05, 3.63) is 65.0 Å².